The summed E-state index contributed by atoms with van der Waals surface area (Å²) < 4.78 is 27.4. The molecule has 0 aliphatic carbocycles. The molecule has 1 fully saturated rings. The van der Waals surface area contributed by atoms with E-state index in [1.54, 1.807) is 17.5 Å². The van der Waals surface area contributed by atoms with Crippen molar-refractivity contribution in [3.8, 4) is 0 Å². The Morgan fingerprint density at radius 1 is 1.12 bits per heavy atom. The van der Waals surface area contributed by atoms with E-state index in [0.717, 1.165) is 10.9 Å². The average molecular weight is 489 g/mol. The molecule has 1 atom stereocenters. The van der Waals surface area contributed by atoms with Crippen molar-refractivity contribution < 1.29 is 13.2 Å². The zero-order valence-corrected chi connectivity index (χ0v) is 20.3. The molecule has 1 aromatic carbocycles. The molecule has 3 N–H and O–H groups in total. The lowest BCUT2D eigenvalue weighted by Gasteiger charge is -2.33. The summed E-state index contributed by atoms with van der Waals surface area (Å²) in [5.74, 6) is 0.750. The van der Waals surface area contributed by atoms with E-state index in [1.807, 2.05) is 38.1 Å². The smallest absolute Gasteiger partial charge is 0.252 e. The predicted molar refractivity (Wildman–Crippen MR) is 129 cm³/mol. The van der Waals surface area contributed by atoms with Crippen molar-refractivity contribution in [2.45, 2.75) is 30.6 Å². The zero-order valence-electron chi connectivity index (χ0n) is 18.6. The van der Waals surface area contributed by atoms with Gasteiger partial charge < -0.3 is 11.1 Å². The van der Waals surface area contributed by atoms with Gasteiger partial charge >= 0.3 is 0 Å². The van der Waals surface area contributed by atoms with Gasteiger partial charge in [0.2, 0.25) is 5.91 Å². The van der Waals surface area contributed by atoms with Crippen molar-refractivity contribution in [1.82, 2.24) is 19.2 Å². The van der Waals surface area contributed by atoms with Crippen molar-refractivity contribution in [2.24, 2.45) is 11.7 Å². The maximum atomic E-state index is 12.8. The molecular formula is C22H28N6O3S2. The lowest BCUT2D eigenvalue weighted by Crippen LogP contribution is -2.48. The van der Waals surface area contributed by atoms with Gasteiger partial charge in [-0.05, 0) is 29.5 Å². The van der Waals surface area contributed by atoms with Crippen LogP contribution in [0.3, 0.4) is 0 Å². The Hall–Kier alpha value is -2.60. The molecule has 1 amide bonds. The Balaban J connectivity index is 1.51. The van der Waals surface area contributed by atoms with Gasteiger partial charge in [0, 0.05) is 31.6 Å². The number of nitrogens with two attached hydrogens (primary N) is 1. The van der Waals surface area contributed by atoms with E-state index in [9.17, 15) is 13.2 Å². The lowest BCUT2D eigenvalue weighted by molar-refractivity contribution is -0.119. The number of carbonyl (C=O) groups excluding carboxylic acids is 1. The van der Waals surface area contributed by atoms with Crippen LogP contribution in [0.1, 0.15) is 19.7 Å². The number of carbonyl (C=O) groups is 1. The summed E-state index contributed by atoms with van der Waals surface area (Å²) in [6, 6.07) is 10.5. The Kier molecular flexibility index (Phi) is 6.94. The monoisotopic (exact) mass is 488 g/mol. The highest BCUT2D eigenvalue weighted by atomic mass is 32.2. The third-order valence-corrected chi connectivity index (χ3v) is 8.97. The van der Waals surface area contributed by atoms with Gasteiger partial charge in [-0.2, -0.15) is 4.31 Å². The summed E-state index contributed by atoms with van der Waals surface area (Å²) in [6.07, 6.45) is 0. The molecule has 1 aliphatic heterocycles. The molecule has 2 aromatic heterocycles. The number of hydrogen-bond donors (Lipinski definition) is 2. The van der Waals surface area contributed by atoms with E-state index >= 15 is 0 Å². The van der Waals surface area contributed by atoms with Gasteiger partial charge in [0.15, 0.2) is 0 Å². The molecule has 176 valence electrons. The first kappa shape index (κ1) is 23.6. The minimum atomic E-state index is -3.44. The second-order valence-electron chi connectivity index (χ2n) is 8.39. The Morgan fingerprint density at radius 3 is 2.48 bits per heavy atom. The number of benzene rings is 1. The first-order chi connectivity index (χ1) is 15.8. The molecule has 11 heteroatoms. The van der Waals surface area contributed by atoms with Crippen LogP contribution in [0.4, 0.5) is 5.82 Å². The number of sulfonamides is 1. The number of nitrogens with zero attached hydrogens (tertiary/aromatic N) is 4. The van der Waals surface area contributed by atoms with Crippen molar-refractivity contribution in [3.63, 3.8) is 0 Å². The van der Waals surface area contributed by atoms with E-state index in [1.165, 1.54) is 15.6 Å². The highest BCUT2D eigenvalue weighted by molar-refractivity contribution is 7.91. The van der Waals surface area contributed by atoms with Gasteiger partial charge in [-0.25, -0.2) is 18.4 Å². The average Bonchev–Trinajstić information content (AvgIpc) is 3.33. The van der Waals surface area contributed by atoms with Gasteiger partial charge in [0.25, 0.3) is 10.0 Å². The normalized spacial score (nSPS) is 16.8. The van der Waals surface area contributed by atoms with Crippen LogP contribution in [-0.4, -0.2) is 65.7 Å². The molecule has 0 bridgehead atoms. The van der Waals surface area contributed by atoms with E-state index in [2.05, 4.69) is 10.2 Å². The number of aromatic nitrogens is 2. The number of anilines is 1. The molecule has 9 nitrogen and oxygen atoms in total. The molecule has 3 heterocycles. The van der Waals surface area contributed by atoms with Crippen molar-refractivity contribution in [2.75, 3.05) is 31.5 Å². The summed E-state index contributed by atoms with van der Waals surface area (Å²) >= 11 is 1.24. The third kappa shape index (κ3) is 5.16. The van der Waals surface area contributed by atoms with Crippen LogP contribution in [0.15, 0.2) is 46.0 Å². The van der Waals surface area contributed by atoms with Crippen molar-refractivity contribution in [3.05, 3.63) is 47.6 Å². The summed E-state index contributed by atoms with van der Waals surface area (Å²) in [5.41, 5.74) is 6.37. The second-order valence-corrected chi connectivity index (χ2v) is 11.5. The topological polar surface area (TPSA) is 122 Å². The fraction of sp³-hybridized carbons (Fsp3) is 0.409. The van der Waals surface area contributed by atoms with E-state index in [0.29, 0.717) is 48.6 Å². The zero-order chi connectivity index (χ0) is 23.6. The quantitative estimate of drug-likeness (QED) is 0.498. The summed E-state index contributed by atoms with van der Waals surface area (Å²) in [7, 11) is -3.44. The molecular weight excluding hydrogens is 460 g/mol. The maximum absolute atomic E-state index is 12.8. The second kappa shape index (κ2) is 9.72. The molecule has 0 spiro atoms. The van der Waals surface area contributed by atoms with Crippen LogP contribution in [0.2, 0.25) is 0 Å². The van der Waals surface area contributed by atoms with Gasteiger partial charge in [0.1, 0.15) is 21.9 Å². The number of rotatable bonds is 8. The standard InChI is InChI=1S/C22H28N6O3S2/c1-15(2)20(21(23)29)26-22-16-6-3-4-7-17(16)24-18(25-22)14-27-9-11-28(12-10-27)33(30,31)19-8-5-13-32-19/h3-8,13,15,20H,9-12,14H2,1-2H3,(H2,23,29)(H,24,25,26)/t20-/m0/s1. The number of amides is 1. The molecule has 4 rings (SSSR count). The van der Waals surface area contributed by atoms with Gasteiger partial charge in [-0.15, -0.1) is 11.3 Å². The highest BCUT2D eigenvalue weighted by Gasteiger charge is 2.29. The van der Waals surface area contributed by atoms with Crippen LogP contribution in [0, 0.1) is 5.92 Å². The third-order valence-electron chi connectivity index (χ3n) is 5.70. The first-order valence-electron chi connectivity index (χ1n) is 10.8. The van der Waals surface area contributed by atoms with E-state index in [-0.39, 0.29) is 5.92 Å². The van der Waals surface area contributed by atoms with Crippen LogP contribution in [-0.2, 0) is 21.4 Å². The summed E-state index contributed by atoms with van der Waals surface area (Å²) in [6.45, 7) is 6.33. The molecule has 0 radical (unpaired) electrons. The van der Waals surface area contributed by atoms with Crippen molar-refractivity contribution >= 4 is 44.0 Å². The van der Waals surface area contributed by atoms with Gasteiger partial charge in [0.05, 0.1) is 12.1 Å². The number of fused-ring (bicyclic) bond motifs is 1. The largest absolute Gasteiger partial charge is 0.368 e. The summed E-state index contributed by atoms with van der Waals surface area (Å²) in [4.78, 5) is 23.5. The minimum absolute atomic E-state index is 0.00181. The van der Waals surface area contributed by atoms with Crippen LogP contribution >= 0.6 is 11.3 Å². The molecule has 33 heavy (non-hydrogen) atoms. The first-order valence-corrected chi connectivity index (χ1v) is 13.1. The fourth-order valence-corrected chi connectivity index (χ4v) is 6.45. The minimum Gasteiger partial charge on any atom is -0.368 e. The van der Waals surface area contributed by atoms with Crippen molar-refractivity contribution in [1.29, 1.82) is 0 Å². The molecule has 1 saturated heterocycles. The lowest BCUT2D eigenvalue weighted by atomic mass is 10.0. The van der Waals surface area contributed by atoms with E-state index < -0.39 is 22.0 Å². The maximum Gasteiger partial charge on any atom is 0.252 e. The SMILES string of the molecule is CC(C)[C@H](Nc1nc(CN2CCN(S(=O)(=O)c3cccs3)CC2)nc2ccccc12)C(N)=O. The number of piperazine rings is 1. The van der Waals surface area contributed by atoms with Gasteiger partial charge in [-0.1, -0.05) is 32.0 Å². The summed E-state index contributed by atoms with van der Waals surface area (Å²) in [5, 5.41) is 5.80. The predicted octanol–water partition coefficient (Wildman–Crippen LogP) is 2.12. The molecule has 1 aliphatic rings. The van der Waals surface area contributed by atoms with Crippen LogP contribution in [0.5, 0.6) is 0 Å². The van der Waals surface area contributed by atoms with Crippen LogP contribution in [0.25, 0.3) is 10.9 Å². The fourth-order valence-electron chi connectivity index (χ4n) is 3.88. The molecule has 0 unspecified atom stereocenters. The molecule has 3 aromatic rings. The number of hydrogen-bond acceptors (Lipinski definition) is 8. The number of nitrogens with one attached hydrogen (secondary N) is 1. The number of primary amides is 1. The molecule has 0 saturated carbocycles. The van der Waals surface area contributed by atoms with E-state index in [4.69, 9.17) is 15.7 Å². The Labute approximate surface area is 197 Å². The van der Waals surface area contributed by atoms with Crippen LogP contribution < -0.4 is 11.1 Å². The number of thiophene rings is 1. The highest BCUT2D eigenvalue weighted by Crippen LogP contribution is 2.24. The Morgan fingerprint density at radius 2 is 1.85 bits per heavy atom. The van der Waals surface area contributed by atoms with Gasteiger partial charge in [-0.3, -0.25) is 9.69 Å². The Bertz CT molecular complexity index is 1220. The number of para-hydroxylation sites is 1.